The Bertz CT molecular complexity index is 1300. The number of hydrogen-bond donors (Lipinski definition) is 2. The molecule has 1 aromatic carbocycles. The summed E-state index contributed by atoms with van der Waals surface area (Å²) in [6, 6.07) is 5.23. The number of hydrogen-bond acceptors (Lipinski definition) is 4. The summed E-state index contributed by atoms with van der Waals surface area (Å²) in [5.41, 5.74) is 4.00. The summed E-state index contributed by atoms with van der Waals surface area (Å²) in [4.78, 5) is 24.8. The van der Waals surface area contributed by atoms with Crippen LogP contribution in [0.3, 0.4) is 0 Å². The van der Waals surface area contributed by atoms with E-state index in [1.807, 2.05) is 26.1 Å². The molecule has 3 aromatic heterocycles. The van der Waals surface area contributed by atoms with Crippen LogP contribution in [0.2, 0.25) is 0 Å². The van der Waals surface area contributed by atoms with Crippen LogP contribution in [0.5, 0.6) is 0 Å². The smallest absolute Gasteiger partial charge is 0.258 e. The molecule has 6 nitrogen and oxygen atoms in total. The number of imidazole rings is 1. The van der Waals surface area contributed by atoms with E-state index in [0.29, 0.717) is 22.1 Å². The Morgan fingerprint density at radius 2 is 1.86 bits per heavy atom. The van der Waals surface area contributed by atoms with Gasteiger partial charge in [0.05, 0.1) is 16.6 Å². The maximum atomic E-state index is 14.5. The van der Waals surface area contributed by atoms with Gasteiger partial charge in [0, 0.05) is 23.9 Å². The molecule has 1 aliphatic heterocycles. The molecule has 0 amide bonds. The number of nitrogens with one attached hydrogen (secondary N) is 2. The van der Waals surface area contributed by atoms with Gasteiger partial charge >= 0.3 is 0 Å². The molecule has 7 heteroatoms. The van der Waals surface area contributed by atoms with E-state index in [4.69, 9.17) is 4.98 Å². The summed E-state index contributed by atoms with van der Waals surface area (Å²) < 4.78 is 16.2. The molecular formula is C22H22FN5O. The van der Waals surface area contributed by atoms with Crippen LogP contribution in [0.15, 0.2) is 35.4 Å². The van der Waals surface area contributed by atoms with Gasteiger partial charge in [-0.25, -0.2) is 14.4 Å². The van der Waals surface area contributed by atoms with Crippen LogP contribution in [-0.4, -0.2) is 32.4 Å². The molecule has 1 saturated heterocycles. The average Bonchev–Trinajstić information content (AvgIpc) is 3.10. The van der Waals surface area contributed by atoms with Gasteiger partial charge in [0.2, 0.25) is 0 Å². The van der Waals surface area contributed by atoms with Gasteiger partial charge in [-0.1, -0.05) is 0 Å². The van der Waals surface area contributed by atoms with Crippen LogP contribution < -0.4 is 10.9 Å². The van der Waals surface area contributed by atoms with Crippen LogP contribution >= 0.6 is 0 Å². The third-order valence-corrected chi connectivity index (χ3v) is 5.70. The average molecular weight is 391 g/mol. The molecule has 2 N–H and O–H groups in total. The lowest BCUT2D eigenvalue weighted by Crippen LogP contribution is -2.28. The van der Waals surface area contributed by atoms with E-state index >= 15 is 0 Å². The molecule has 1 aliphatic rings. The Kier molecular flexibility index (Phi) is 4.20. The highest BCUT2D eigenvalue weighted by molar-refractivity contribution is 5.86. The molecule has 0 saturated carbocycles. The van der Waals surface area contributed by atoms with Crippen molar-refractivity contribution in [1.82, 2.24) is 24.7 Å². The highest BCUT2D eigenvalue weighted by Crippen LogP contribution is 2.28. The quantitative estimate of drug-likeness (QED) is 0.549. The lowest BCUT2D eigenvalue weighted by molar-refractivity contribution is 0.445. The number of nitrogens with zero attached hydrogens (tertiary/aromatic N) is 3. The Labute approximate surface area is 166 Å². The fraction of sp³-hybridized carbons (Fsp3) is 0.318. The van der Waals surface area contributed by atoms with Gasteiger partial charge in [-0.2, -0.15) is 0 Å². The first-order chi connectivity index (χ1) is 14.0. The first-order valence-corrected chi connectivity index (χ1v) is 9.90. The van der Waals surface area contributed by atoms with Crippen molar-refractivity contribution in [2.24, 2.45) is 0 Å². The van der Waals surface area contributed by atoms with Crippen LogP contribution in [0.4, 0.5) is 4.39 Å². The third-order valence-electron chi connectivity index (χ3n) is 5.70. The molecule has 4 heterocycles. The van der Waals surface area contributed by atoms with Crippen molar-refractivity contribution in [2.45, 2.75) is 32.6 Å². The standard InChI is InChI=1S/C22H22FN5O/c1-12-7-15(16-9-18(23)21-25-13(2)10-28(21)11-16)8-17-19(12)26-20(27-22(17)29)14-3-5-24-6-4-14/h7-11,14,24H,3-6H2,1-2H3,(H,26,27,29). The maximum Gasteiger partial charge on any atom is 0.258 e. The minimum absolute atomic E-state index is 0.145. The summed E-state index contributed by atoms with van der Waals surface area (Å²) in [7, 11) is 0. The highest BCUT2D eigenvalue weighted by atomic mass is 19.1. The Hall–Kier alpha value is -3.06. The number of aryl methyl sites for hydroxylation is 2. The zero-order chi connectivity index (χ0) is 20.1. The van der Waals surface area contributed by atoms with Gasteiger partial charge in [-0.15, -0.1) is 0 Å². The van der Waals surface area contributed by atoms with E-state index in [0.717, 1.165) is 48.6 Å². The van der Waals surface area contributed by atoms with Crippen LogP contribution in [0, 0.1) is 19.7 Å². The normalized spacial score (nSPS) is 15.4. The fourth-order valence-electron chi connectivity index (χ4n) is 4.23. The number of rotatable bonds is 2. The topological polar surface area (TPSA) is 75.1 Å². The molecule has 0 spiro atoms. The number of fused-ring (bicyclic) bond motifs is 2. The SMILES string of the molecule is Cc1cn2cc(-c3cc(C)c4nc(C5CCNCC5)[nH]c(=O)c4c3)cc(F)c2n1. The molecule has 0 aliphatic carbocycles. The van der Waals surface area contributed by atoms with Crippen molar-refractivity contribution in [3.63, 3.8) is 0 Å². The zero-order valence-corrected chi connectivity index (χ0v) is 16.4. The second kappa shape index (κ2) is 6.77. The zero-order valence-electron chi connectivity index (χ0n) is 16.4. The maximum absolute atomic E-state index is 14.5. The molecule has 0 radical (unpaired) electrons. The molecule has 0 atom stereocenters. The van der Waals surface area contributed by atoms with Gasteiger partial charge in [-0.3, -0.25) is 4.79 Å². The van der Waals surface area contributed by atoms with Crippen molar-refractivity contribution < 1.29 is 4.39 Å². The monoisotopic (exact) mass is 391 g/mol. The Morgan fingerprint density at radius 1 is 1.07 bits per heavy atom. The molecule has 4 aromatic rings. The van der Waals surface area contributed by atoms with Crippen molar-refractivity contribution in [1.29, 1.82) is 0 Å². The predicted molar refractivity (Wildman–Crippen MR) is 111 cm³/mol. The molecule has 1 fully saturated rings. The third kappa shape index (κ3) is 3.11. The first kappa shape index (κ1) is 18.0. The molecular weight excluding hydrogens is 369 g/mol. The lowest BCUT2D eigenvalue weighted by Gasteiger charge is -2.22. The van der Waals surface area contributed by atoms with Gasteiger partial charge in [0.15, 0.2) is 11.5 Å². The van der Waals surface area contributed by atoms with E-state index < -0.39 is 0 Å². The lowest BCUT2D eigenvalue weighted by atomic mass is 9.96. The van der Waals surface area contributed by atoms with Gasteiger partial charge in [0.25, 0.3) is 5.56 Å². The second-order valence-corrected chi connectivity index (χ2v) is 7.85. The number of H-pyrrole nitrogens is 1. The van der Waals surface area contributed by atoms with Crippen molar-refractivity contribution in [3.05, 3.63) is 63.8 Å². The van der Waals surface area contributed by atoms with E-state index in [1.54, 1.807) is 16.7 Å². The number of aromatic nitrogens is 4. The van der Waals surface area contributed by atoms with Crippen LogP contribution in [-0.2, 0) is 0 Å². The number of piperidine rings is 1. The minimum atomic E-state index is -0.387. The van der Waals surface area contributed by atoms with Crippen LogP contribution in [0.25, 0.3) is 27.7 Å². The van der Waals surface area contributed by atoms with E-state index in [9.17, 15) is 9.18 Å². The molecule has 148 valence electrons. The summed E-state index contributed by atoms with van der Waals surface area (Å²) in [5.74, 6) is 0.649. The second-order valence-electron chi connectivity index (χ2n) is 7.85. The molecule has 0 bridgehead atoms. The predicted octanol–water partition coefficient (Wildman–Crippen LogP) is 3.46. The molecule has 29 heavy (non-hydrogen) atoms. The fourth-order valence-corrected chi connectivity index (χ4v) is 4.23. The van der Waals surface area contributed by atoms with Crippen molar-refractivity contribution in [3.8, 4) is 11.1 Å². The largest absolute Gasteiger partial charge is 0.317 e. The van der Waals surface area contributed by atoms with Gasteiger partial charge in [0.1, 0.15) is 5.82 Å². The molecule has 0 unspecified atom stereocenters. The summed E-state index contributed by atoms with van der Waals surface area (Å²) in [6.07, 6.45) is 5.56. The number of benzene rings is 1. The van der Waals surface area contributed by atoms with Crippen molar-refractivity contribution >= 4 is 16.6 Å². The summed E-state index contributed by atoms with van der Waals surface area (Å²) in [5, 5.41) is 3.86. The highest BCUT2D eigenvalue weighted by Gasteiger charge is 2.19. The van der Waals surface area contributed by atoms with Gasteiger partial charge < -0.3 is 14.7 Å². The first-order valence-electron chi connectivity index (χ1n) is 9.90. The number of halogens is 1. The minimum Gasteiger partial charge on any atom is -0.317 e. The van der Waals surface area contributed by atoms with E-state index in [-0.39, 0.29) is 17.3 Å². The van der Waals surface area contributed by atoms with Gasteiger partial charge in [-0.05, 0) is 69.1 Å². The Morgan fingerprint density at radius 3 is 2.66 bits per heavy atom. The van der Waals surface area contributed by atoms with E-state index in [2.05, 4.69) is 15.3 Å². The molecule has 5 rings (SSSR count). The van der Waals surface area contributed by atoms with Crippen molar-refractivity contribution in [2.75, 3.05) is 13.1 Å². The Balaban J connectivity index is 1.65. The summed E-state index contributed by atoms with van der Waals surface area (Å²) >= 11 is 0. The number of pyridine rings is 1. The van der Waals surface area contributed by atoms with E-state index in [1.165, 1.54) is 6.07 Å². The van der Waals surface area contributed by atoms with Crippen LogP contribution in [0.1, 0.15) is 35.8 Å². The number of aromatic amines is 1. The summed E-state index contributed by atoms with van der Waals surface area (Å²) in [6.45, 7) is 5.65.